The van der Waals surface area contributed by atoms with Gasteiger partial charge in [0.25, 0.3) is 5.91 Å². The number of carbonyl (C=O) groups excluding carboxylic acids is 1. The highest BCUT2D eigenvalue weighted by Gasteiger charge is 2.02. The molecular weight excluding hydrogens is 208 g/mol. The summed E-state index contributed by atoms with van der Waals surface area (Å²) in [7, 11) is 0. The van der Waals surface area contributed by atoms with Gasteiger partial charge in [-0.2, -0.15) is 0 Å². The van der Waals surface area contributed by atoms with Crippen LogP contribution < -0.4 is 5.73 Å². The summed E-state index contributed by atoms with van der Waals surface area (Å²) in [5.74, 6) is -0.483. The molecule has 0 aromatic carbocycles. The first-order valence-corrected chi connectivity index (χ1v) is 4.28. The van der Waals surface area contributed by atoms with Crippen molar-refractivity contribution < 1.29 is 4.79 Å². The lowest BCUT2D eigenvalue weighted by molar-refractivity contribution is 0.0996. The van der Waals surface area contributed by atoms with E-state index in [1.165, 1.54) is 0 Å². The third-order valence-corrected chi connectivity index (χ3v) is 2.46. The fourth-order valence-electron chi connectivity index (χ4n) is 1.00. The third kappa shape index (κ3) is 1.79. The Morgan fingerprint density at radius 2 is 2.31 bits per heavy atom. The quantitative estimate of drug-likeness (QED) is 0.787. The fraction of sp³-hybridized carbons (Fsp3) is 0. The van der Waals surface area contributed by atoms with Gasteiger partial charge in [-0.15, -0.1) is 23.7 Å². The Balaban J connectivity index is 0.000000845. The van der Waals surface area contributed by atoms with Crippen LogP contribution in [0.5, 0.6) is 0 Å². The number of nitrogens with two attached hydrogens (primary N) is 1. The minimum Gasteiger partial charge on any atom is -0.364 e. The Labute approximate surface area is 85.0 Å². The monoisotopic (exact) mass is 214 g/mol. The Hall–Kier alpha value is -1.13. The maximum atomic E-state index is 10.7. The average Bonchev–Trinajstić information content (AvgIpc) is 2.49. The Kier molecular flexibility index (Phi) is 2.85. The van der Waals surface area contributed by atoms with E-state index in [1.807, 2.05) is 11.4 Å². The van der Waals surface area contributed by atoms with Crippen molar-refractivity contribution in [3.05, 3.63) is 29.4 Å². The molecule has 0 atom stereocenters. The molecule has 0 radical (unpaired) electrons. The van der Waals surface area contributed by atoms with Crippen molar-refractivity contribution in [2.24, 2.45) is 5.73 Å². The van der Waals surface area contributed by atoms with Gasteiger partial charge in [-0.25, -0.2) is 4.98 Å². The van der Waals surface area contributed by atoms with Crippen LogP contribution in [0.25, 0.3) is 10.1 Å². The van der Waals surface area contributed by atoms with E-state index in [4.69, 9.17) is 5.73 Å². The summed E-state index contributed by atoms with van der Waals surface area (Å²) in [5.41, 5.74) is 5.40. The molecule has 0 aliphatic heterocycles. The van der Waals surface area contributed by atoms with E-state index in [1.54, 1.807) is 23.6 Å². The van der Waals surface area contributed by atoms with Gasteiger partial charge in [0, 0.05) is 6.20 Å². The molecule has 0 saturated heterocycles. The molecule has 0 fully saturated rings. The van der Waals surface area contributed by atoms with Crippen molar-refractivity contribution in [3.8, 4) is 0 Å². The van der Waals surface area contributed by atoms with Crippen LogP contribution in [0.1, 0.15) is 10.5 Å². The standard InChI is InChI=1S/C8H6N2OS.ClH/c9-8(11)6-3-5-1-2-12-7(5)4-10-6;/h1-4H,(H2,9,11);1H. The number of rotatable bonds is 1. The zero-order valence-electron chi connectivity index (χ0n) is 6.56. The molecule has 0 unspecified atom stereocenters. The number of thiophene rings is 1. The predicted molar refractivity (Wildman–Crippen MR) is 55.4 cm³/mol. The van der Waals surface area contributed by atoms with Crippen LogP contribution in [0.2, 0.25) is 0 Å². The smallest absolute Gasteiger partial charge is 0.267 e. The minimum absolute atomic E-state index is 0. The summed E-state index contributed by atoms with van der Waals surface area (Å²) in [6.45, 7) is 0. The van der Waals surface area contributed by atoms with Gasteiger partial charge >= 0.3 is 0 Å². The summed E-state index contributed by atoms with van der Waals surface area (Å²) in [5, 5.41) is 2.97. The topological polar surface area (TPSA) is 56.0 Å². The van der Waals surface area contributed by atoms with Crippen LogP contribution >= 0.6 is 23.7 Å². The second kappa shape index (κ2) is 3.72. The predicted octanol–water partition coefficient (Wildman–Crippen LogP) is 1.82. The number of nitrogens with zero attached hydrogens (tertiary/aromatic N) is 1. The maximum Gasteiger partial charge on any atom is 0.267 e. The Morgan fingerprint density at radius 3 is 3.00 bits per heavy atom. The minimum atomic E-state index is -0.483. The second-order valence-corrected chi connectivity index (χ2v) is 3.34. The molecule has 0 bridgehead atoms. The molecular formula is C8H7ClN2OS. The van der Waals surface area contributed by atoms with Crippen LogP contribution in [0.4, 0.5) is 0 Å². The fourth-order valence-corrected chi connectivity index (χ4v) is 1.74. The molecule has 13 heavy (non-hydrogen) atoms. The zero-order chi connectivity index (χ0) is 8.55. The zero-order valence-corrected chi connectivity index (χ0v) is 8.19. The van der Waals surface area contributed by atoms with Gasteiger partial charge in [-0.1, -0.05) is 0 Å². The van der Waals surface area contributed by atoms with Gasteiger partial charge < -0.3 is 5.73 Å². The lowest BCUT2D eigenvalue weighted by Gasteiger charge is -1.92. The van der Waals surface area contributed by atoms with Crippen LogP contribution in [-0.4, -0.2) is 10.9 Å². The van der Waals surface area contributed by atoms with Crippen molar-refractivity contribution in [2.45, 2.75) is 0 Å². The Morgan fingerprint density at radius 1 is 1.54 bits per heavy atom. The lowest BCUT2D eigenvalue weighted by atomic mass is 10.3. The number of primary amides is 1. The highest BCUT2D eigenvalue weighted by molar-refractivity contribution is 7.17. The molecule has 2 rings (SSSR count). The van der Waals surface area contributed by atoms with Crippen molar-refractivity contribution in [3.63, 3.8) is 0 Å². The molecule has 2 N–H and O–H groups in total. The molecule has 5 heteroatoms. The van der Waals surface area contributed by atoms with Crippen molar-refractivity contribution in [2.75, 3.05) is 0 Å². The first-order valence-electron chi connectivity index (χ1n) is 3.40. The molecule has 0 spiro atoms. The first-order chi connectivity index (χ1) is 5.77. The number of hydrogen-bond acceptors (Lipinski definition) is 3. The Bertz CT molecular complexity index is 440. The van der Waals surface area contributed by atoms with Crippen LogP contribution in [-0.2, 0) is 0 Å². The summed E-state index contributed by atoms with van der Waals surface area (Å²) in [6, 6.07) is 3.64. The summed E-state index contributed by atoms with van der Waals surface area (Å²) in [4.78, 5) is 14.6. The van der Waals surface area contributed by atoms with E-state index in [9.17, 15) is 4.79 Å². The van der Waals surface area contributed by atoms with Gasteiger partial charge in [0.1, 0.15) is 5.69 Å². The number of hydrogen-bond donors (Lipinski definition) is 1. The van der Waals surface area contributed by atoms with Crippen LogP contribution in [0.3, 0.4) is 0 Å². The normalized spacial score (nSPS) is 9.54. The van der Waals surface area contributed by atoms with Crippen LogP contribution in [0, 0.1) is 0 Å². The molecule has 0 saturated carbocycles. The molecule has 0 aliphatic carbocycles. The van der Waals surface area contributed by atoms with Gasteiger partial charge in [0.05, 0.1) is 4.70 Å². The summed E-state index contributed by atoms with van der Waals surface area (Å²) >= 11 is 1.59. The highest BCUT2D eigenvalue weighted by atomic mass is 35.5. The van der Waals surface area contributed by atoms with E-state index >= 15 is 0 Å². The molecule has 1 amide bonds. The van der Waals surface area contributed by atoms with E-state index in [0.29, 0.717) is 5.69 Å². The maximum absolute atomic E-state index is 10.7. The largest absolute Gasteiger partial charge is 0.364 e. The number of carbonyl (C=O) groups is 1. The number of fused-ring (bicyclic) bond motifs is 1. The molecule has 3 nitrogen and oxygen atoms in total. The van der Waals surface area contributed by atoms with E-state index in [2.05, 4.69) is 4.98 Å². The highest BCUT2D eigenvalue weighted by Crippen LogP contribution is 2.19. The van der Waals surface area contributed by atoms with Gasteiger partial charge in [-0.05, 0) is 22.9 Å². The third-order valence-electron chi connectivity index (χ3n) is 1.59. The number of halogens is 1. The number of amides is 1. The second-order valence-electron chi connectivity index (χ2n) is 2.39. The molecule has 2 heterocycles. The SMILES string of the molecule is Cl.NC(=O)c1cc2ccsc2cn1. The van der Waals surface area contributed by atoms with Crippen molar-refractivity contribution in [1.82, 2.24) is 4.98 Å². The molecule has 2 aromatic heterocycles. The number of pyridine rings is 1. The first kappa shape index (κ1) is 9.95. The van der Waals surface area contributed by atoms with Crippen molar-refractivity contribution >= 4 is 39.7 Å². The molecule has 2 aromatic rings. The van der Waals surface area contributed by atoms with E-state index in [-0.39, 0.29) is 12.4 Å². The van der Waals surface area contributed by atoms with Crippen LogP contribution in [0.15, 0.2) is 23.7 Å². The van der Waals surface area contributed by atoms with Gasteiger partial charge in [0.2, 0.25) is 0 Å². The molecule has 68 valence electrons. The van der Waals surface area contributed by atoms with Gasteiger partial charge in [0.15, 0.2) is 0 Å². The summed E-state index contributed by atoms with van der Waals surface area (Å²) in [6.07, 6.45) is 1.67. The van der Waals surface area contributed by atoms with Gasteiger partial charge in [-0.3, -0.25) is 4.79 Å². The lowest BCUT2D eigenvalue weighted by Crippen LogP contribution is -2.12. The van der Waals surface area contributed by atoms with E-state index < -0.39 is 5.91 Å². The van der Waals surface area contributed by atoms with E-state index in [0.717, 1.165) is 10.1 Å². The number of aromatic nitrogens is 1. The summed E-state index contributed by atoms with van der Waals surface area (Å²) < 4.78 is 1.07. The van der Waals surface area contributed by atoms with Crippen molar-refractivity contribution in [1.29, 1.82) is 0 Å². The molecule has 0 aliphatic rings. The average molecular weight is 215 g/mol.